The Labute approximate surface area is 598 Å². The maximum atomic E-state index is 14.2. The van der Waals surface area contributed by atoms with Crippen LogP contribution in [0.3, 0.4) is 0 Å². The normalized spacial score (nSPS) is 14.0. The summed E-state index contributed by atoms with van der Waals surface area (Å²) in [6, 6.07) is 16.6. The first-order valence-corrected chi connectivity index (χ1v) is 37.5. The van der Waals surface area contributed by atoms with Crippen molar-refractivity contribution in [2.45, 2.75) is 95.8 Å². The Bertz CT molecular complexity index is 4470. The Morgan fingerprint density at radius 1 is 0.588 bits per heavy atom. The molecule has 2 amide bonds. The number of hydrogen-bond donors (Lipinski definition) is 8. The van der Waals surface area contributed by atoms with Crippen molar-refractivity contribution in [3.05, 3.63) is 88.1 Å². The molecule has 2 aliphatic heterocycles. The molecular formula is C66H82N18O14S4. The van der Waals surface area contributed by atoms with E-state index in [1.165, 1.54) is 58.4 Å². The lowest BCUT2D eigenvalue weighted by Gasteiger charge is -2.28. The van der Waals surface area contributed by atoms with E-state index in [1.54, 1.807) is 29.2 Å². The van der Waals surface area contributed by atoms with E-state index in [0.717, 1.165) is 85.5 Å². The number of thiazole rings is 2. The number of ketones is 2. The van der Waals surface area contributed by atoms with Crippen LogP contribution in [-0.4, -0.2) is 177 Å². The molecule has 102 heavy (non-hydrogen) atoms. The third-order valence-corrected chi connectivity index (χ3v) is 20.3. The Balaban J connectivity index is 1.13. The average Bonchev–Trinajstić information content (AvgIpc) is 1.51. The van der Waals surface area contributed by atoms with Crippen molar-refractivity contribution in [3.8, 4) is 11.5 Å². The molecule has 5 heterocycles. The SMILES string of the molecule is CCN(CC)c1cc(Nc2nc(Nc3cc(N(CC)CC)c(OC)cc3/N=N/c3nc(N4CCCCC4)c(C(C(C)=O)C(=O)Nc4ccc(S(=O)(=O)O)cc4)s3)nc(N(CCO)CCO)n2)c(/N=N/c2nc(N3CCCCC3)c(/C=C(\C(C)=O)C(=O)Nc3ccc(S(=O)(=O)O)cc3)s2)cc1OC. The van der Waals surface area contributed by atoms with Gasteiger partial charge >= 0.3 is 0 Å². The number of methoxy groups -OCH3 is 2. The number of hydrogen-bond acceptors (Lipinski definition) is 30. The summed E-state index contributed by atoms with van der Waals surface area (Å²) in [5.41, 5.74) is 2.48. The zero-order valence-corrected chi connectivity index (χ0v) is 60.8. The quantitative estimate of drug-likeness (QED) is 0.00623. The Kier molecular flexibility index (Phi) is 26.1. The van der Waals surface area contributed by atoms with E-state index in [2.05, 4.69) is 46.2 Å². The number of nitrogens with zero attached hydrogens (tertiary/aromatic N) is 14. The molecular weight excluding hydrogens is 1400 g/mol. The molecule has 544 valence electrons. The van der Waals surface area contributed by atoms with Gasteiger partial charge in [-0.25, -0.2) is 0 Å². The topological polar surface area (TPSA) is 414 Å². The van der Waals surface area contributed by atoms with Gasteiger partial charge in [0.2, 0.25) is 34.0 Å². The number of rotatable bonds is 33. The van der Waals surface area contributed by atoms with Crippen molar-refractivity contribution in [1.82, 2.24) is 24.9 Å². The molecule has 0 radical (unpaired) electrons. The first kappa shape index (κ1) is 76.5. The van der Waals surface area contributed by atoms with E-state index in [1.807, 2.05) is 32.6 Å². The predicted molar refractivity (Wildman–Crippen MR) is 392 cm³/mol. The molecule has 2 saturated heterocycles. The van der Waals surface area contributed by atoms with Gasteiger partial charge in [0.05, 0.1) is 75.3 Å². The average molecular weight is 1480 g/mol. The fourth-order valence-corrected chi connectivity index (χ4v) is 14.4. The van der Waals surface area contributed by atoms with Crippen LogP contribution in [0.15, 0.2) is 109 Å². The molecule has 1 unspecified atom stereocenters. The predicted octanol–water partition coefficient (Wildman–Crippen LogP) is 11.0. The van der Waals surface area contributed by atoms with Gasteiger partial charge in [-0.05, 0) is 147 Å². The molecule has 2 aliphatic rings. The summed E-state index contributed by atoms with van der Waals surface area (Å²) >= 11 is 2.08. The summed E-state index contributed by atoms with van der Waals surface area (Å²) in [6.45, 7) is 14.5. The van der Waals surface area contributed by atoms with Gasteiger partial charge in [-0.2, -0.15) is 41.8 Å². The van der Waals surface area contributed by atoms with Crippen LogP contribution in [0.25, 0.3) is 6.08 Å². The largest absolute Gasteiger partial charge is 0.494 e. The molecule has 9 rings (SSSR count). The minimum absolute atomic E-state index is 0.00631. The number of piperidine rings is 2. The van der Waals surface area contributed by atoms with Gasteiger partial charge in [-0.3, -0.25) is 28.3 Å². The van der Waals surface area contributed by atoms with E-state index in [0.29, 0.717) is 108 Å². The van der Waals surface area contributed by atoms with Gasteiger partial charge in [0.1, 0.15) is 46.2 Å². The number of aliphatic hydroxyl groups is 2. The number of amides is 2. The van der Waals surface area contributed by atoms with Crippen LogP contribution >= 0.6 is 22.7 Å². The second-order valence-corrected chi connectivity index (χ2v) is 28.2. The van der Waals surface area contributed by atoms with Gasteiger partial charge in [0.15, 0.2) is 5.78 Å². The van der Waals surface area contributed by atoms with E-state index in [-0.39, 0.29) is 92.5 Å². The fourth-order valence-electron chi connectivity index (χ4n) is 11.5. The second kappa shape index (κ2) is 34.8. The maximum absolute atomic E-state index is 14.2. The number of azo groups is 2. The highest BCUT2D eigenvalue weighted by Crippen LogP contribution is 2.46. The number of aliphatic hydroxyl groups excluding tert-OH is 2. The molecule has 32 nitrogen and oxygen atoms in total. The lowest BCUT2D eigenvalue weighted by Crippen LogP contribution is -2.32. The first-order valence-electron chi connectivity index (χ1n) is 33.0. The Morgan fingerprint density at radius 3 is 1.45 bits per heavy atom. The number of Topliss-reactive ketones (excluding diaryl/α,β-unsaturated/α-hetero) is 2. The van der Waals surface area contributed by atoms with Crippen molar-refractivity contribution in [2.75, 3.05) is 139 Å². The van der Waals surface area contributed by atoms with Crippen LogP contribution < -0.4 is 55.2 Å². The van der Waals surface area contributed by atoms with Gasteiger partial charge in [-0.1, -0.05) is 22.7 Å². The Morgan fingerprint density at radius 2 is 1.03 bits per heavy atom. The standard InChI is InChI=1S/C66H82N18O14S4/c1-9-80(10-2)51-36-47(49(38-53(51)97-7)76-78-65-71-58(82-27-15-13-16-28-82)55(99-65)35-46(40(5)87)60(89)67-42-19-23-44(24-20-42)101(91,92)93)69-62-73-63(75-64(74-62)84(31-33-85)32-34-86)70-48-37-52(81(11-3)12-4)54(98-8)39-50(48)77-79-66-72-59(83-29-17-14-18-30-83)57(100-66)56(41(6)88)61(90)68-43-21-25-45(26-22-43)102(94,95)96/h19-26,35-39,56,85-86H,9-18,27-34H2,1-8H3,(H,67,89)(H,68,90)(H,91,92,93)(H,94,95,96)(H2,69,70,73,74,75)/b46-35+,78-76+,79-77+. The summed E-state index contributed by atoms with van der Waals surface area (Å²) in [7, 11) is -5.98. The summed E-state index contributed by atoms with van der Waals surface area (Å²) in [5, 5.41) is 51.9. The molecule has 0 aliphatic carbocycles. The smallest absolute Gasteiger partial charge is 0.294 e. The molecule has 4 aromatic carbocycles. The fraction of sp³-hybridized carbons (Fsp3) is 0.409. The molecule has 0 saturated carbocycles. The van der Waals surface area contributed by atoms with Gasteiger partial charge < -0.3 is 65.5 Å². The van der Waals surface area contributed by atoms with E-state index >= 15 is 0 Å². The van der Waals surface area contributed by atoms with E-state index in [9.17, 15) is 55.3 Å². The van der Waals surface area contributed by atoms with Crippen LogP contribution in [0, 0.1) is 0 Å². The maximum Gasteiger partial charge on any atom is 0.294 e. The summed E-state index contributed by atoms with van der Waals surface area (Å²) in [6.07, 6.45) is 6.77. The molecule has 8 N–H and O–H groups in total. The summed E-state index contributed by atoms with van der Waals surface area (Å²) in [4.78, 5) is 89.1. The minimum atomic E-state index is -4.52. The summed E-state index contributed by atoms with van der Waals surface area (Å²) in [5.74, 6) is -2.29. The number of carbonyl (C=O) groups excluding carboxylic acids is 4. The monoisotopic (exact) mass is 1480 g/mol. The van der Waals surface area contributed by atoms with E-state index < -0.39 is 49.5 Å². The highest BCUT2D eigenvalue weighted by Gasteiger charge is 2.34. The van der Waals surface area contributed by atoms with Crippen molar-refractivity contribution in [3.63, 3.8) is 0 Å². The lowest BCUT2D eigenvalue weighted by molar-refractivity contribution is -0.126. The molecule has 36 heteroatoms. The number of aromatic nitrogens is 5. The van der Waals surface area contributed by atoms with Crippen LogP contribution in [0.2, 0.25) is 0 Å². The summed E-state index contributed by atoms with van der Waals surface area (Å²) < 4.78 is 78.0. The van der Waals surface area contributed by atoms with E-state index in [4.69, 9.17) is 44.6 Å². The molecule has 7 aromatic rings. The first-order chi connectivity index (χ1) is 48.9. The van der Waals surface area contributed by atoms with Gasteiger partial charge in [-0.15, -0.1) is 20.5 Å². The van der Waals surface area contributed by atoms with Crippen LogP contribution in [0.5, 0.6) is 11.5 Å². The molecule has 0 spiro atoms. The second-order valence-electron chi connectivity index (χ2n) is 23.4. The van der Waals surface area contributed by atoms with Crippen molar-refractivity contribution in [2.24, 2.45) is 20.5 Å². The van der Waals surface area contributed by atoms with Crippen molar-refractivity contribution in [1.29, 1.82) is 0 Å². The Hall–Kier alpha value is -9.69. The third-order valence-electron chi connectivity index (χ3n) is 16.6. The zero-order valence-electron chi connectivity index (χ0n) is 57.6. The lowest BCUT2D eigenvalue weighted by atomic mass is 10.0. The minimum Gasteiger partial charge on any atom is -0.494 e. The van der Waals surface area contributed by atoms with Crippen molar-refractivity contribution < 1.29 is 64.8 Å². The number of ether oxygens (including phenoxy) is 2. The zero-order chi connectivity index (χ0) is 73.4. The number of nitrogens with one attached hydrogen (secondary N) is 4. The molecule has 2 fully saturated rings. The van der Waals surface area contributed by atoms with Gasteiger partial charge in [0.25, 0.3) is 26.1 Å². The number of benzene rings is 4. The molecule has 3 aromatic heterocycles. The molecule has 1 atom stereocenters. The van der Waals surface area contributed by atoms with Crippen molar-refractivity contribution >= 4 is 158 Å². The number of anilines is 11. The third kappa shape index (κ3) is 19.1. The van der Waals surface area contributed by atoms with Crippen LogP contribution in [-0.2, 0) is 39.4 Å². The number of carbonyl (C=O) groups is 4. The van der Waals surface area contributed by atoms with Crippen LogP contribution in [0.1, 0.15) is 95.7 Å². The van der Waals surface area contributed by atoms with Gasteiger partial charge in [0, 0.05) is 89.0 Å². The van der Waals surface area contributed by atoms with Crippen LogP contribution in [0.4, 0.5) is 85.2 Å². The highest BCUT2D eigenvalue weighted by molar-refractivity contribution is 7.86. The highest BCUT2D eigenvalue weighted by atomic mass is 32.2. The molecule has 0 bridgehead atoms.